The largest absolute Gasteiger partial charge is 0.380 e. The maximum atomic E-state index is 5.54. The van der Waals surface area contributed by atoms with Crippen LogP contribution in [0.2, 0.25) is 0 Å². The highest BCUT2D eigenvalue weighted by molar-refractivity contribution is 5.39. The average molecular weight is 333 g/mol. The van der Waals surface area contributed by atoms with Gasteiger partial charge >= 0.3 is 0 Å². The van der Waals surface area contributed by atoms with E-state index in [0.29, 0.717) is 6.04 Å². The first kappa shape index (κ1) is 17.6. The molecule has 0 aliphatic carbocycles. The van der Waals surface area contributed by atoms with E-state index in [-0.39, 0.29) is 0 Å². The van der Waals surface area contributed by atoms with Crippen molar-refractivity contribution < 1.29 is 4.74 Å². The van der Waals surface area contributed by atoms with Crippen LogP contribution < -0.4 is 4.90 Å². The number of ether oxygens (including phenoxy) is 1. The van der Waals surface area contributed by atoms with Crippen LogP contribution in [0.15, 0.2) is 12.4 Å². The zero-order chi connectivity index (χ0) is 16.8. The van der Waals surface area contributed by atoms with E-state index in [1.165, 1.54) is 52.0 Å². The standard InChI is InChI=1S/C18H31N5O/c1-16-14-18(20-15-19-16)21(2)17-4-7-23(8-5-17)10-9-22-6-3-12-24-13-11-22/h14-15,17H,3-13H2,1-2H3. The van der Waals surface area contributed by atoms with Crippen molar-refractivity contribution in [3.8, 4) is 0 Å². The number of aryl methyl sites for hydroxylation is 1. The second kappa shape index (κ2) is 8.74. The summed E-state index contributed by atoms with van der Waals surface area (Å²) >= 11 is 0. The first-order valence-corrected chi connectivity index (χ1v) is 9.26. The van der Waals surface area contributed by atoms with Crippen LogP contribution in [-0.4, -0.2) is 85.3 Å². The van der Waals surface area contributed by atoms with Gasteiger partial charge in [0.1, 0.15) is 12.1 Å². The van der Waals surface area contributed by atoms with Gasteiger partial charge in [0.25, 0.3) is 0 Å². The molecule has 0 saturated carbocycles. The highest BCUT2D eigenvalue weighted by Gasteiger charge is 2.23. The number of aromatic nitrogens is 2. The predicted molar refractivity (Wildman–Crippen MR) is 96.5 cm³/mol. The molecular weight excluding hydrogens is 302 g/mol. The number of nitrogens with zero attached hydrogens (tertiary/aromatic N) is 5. The number of rotatable bonds is 5. The van der Waals surface area contributed by atoms with Crippen molar-refractivity contribution in [2.45, 2.75) is 32.2 Å². The number of hydrogen-bond acceptors (Lipinski definition) is 6. The number of anilines is 1. The van der Waals surface area contributed by atoms with E-state index in [9.17, 15) is 0 Å². The molecule has 0 radical (unpaired) electrons. The van der Waals surface area contributed by atoms with Gasteiger partial charge in [-0.2, -0.15) is 0 Å². The molecule has 2 aliphatic heterocycles. The first-order chi connectivity index (χ1) is 11.7. The summed E-state index contributed by atoms with van der Waals surface area (Å²) in [6.45, 7) is 10.8. The molecule has 24 heavy (non-hydrogen) atoms. The van der Waals surface area contributed by atoms with Crippen LogP contribution in [0.3, 0.4) is 0 Å². The fourth-order valence-corrected chi connectivity index (χ4v) is 3.65. The zero-order valence-electron chi connectivity index (χ0n) is 15.2. The second-order valence-electron chi connectivity index (χ2n) is 7.01. The Morgan fingerprint density at radius 3 is 2.58 bits per heavy atom. The summed E-state index contributed by atoms with van der Waals surface area (Å²) in [5.41, 5.74) is 1.03. The molecule has 0 aromatic carbocycles. The van der Waals surface area contributed by atoms with Gasteiger partial charge in [-0.05, 0) is 26.2 Å². The van der Waals surface area contributed by atoms with E-state index in [1.54, 1.807) is 6.33 Å². The normalized spacial score (nSPS) is 21.6. The third-order valence-electron chi connectivity index (χ3n) is 5.30. The quantitative estimate of drug-likeness (QED) is 0.812. The predicted octanol–water partition coefficient (Wildman–Crippen LogP) is 1.41. The van der Waals surface area contributed by atoms with Gasteiger partial charge in [0.05, 0.1) is 6.61 Å². The molecule has 3 heterocycles. The molecule has 6 nitrogen and oxygen atoms in total. The van der Waals surface area contributed by atoms with Gasteiger partial charge < -0.3 is 14.5 Å². The second-order valence-corrected chi connectivity index (χ2v) is 7.01. The third kappa shape index (κ3) is 4.88. The average Bonchev–Trinajstić information content (AvgIpc) is 2.89. The summed E-state index contributed by atoms with van der Waals surface area (Å²) in [5, 5.41) is 0. The summed E-state index contributed by atoms with van der Waals surface area (Å²) in [5.74, 6) is 1.05. The molecule has 2 saturated heterocycles. The SMILES string of the molecule is Cc1cc(N(C)C2CCN(CCN3CCCOCC3)CC2)ncn1. The summed E-state index contributed by atoms with van der Waals surface area (Å²) < 4.78 is 5.54. The Kier molecular flexibility index (Phi) is 6.40. The van der Waals surface area contributed by atoms with E-state index in [4.69, 9.17) is 4.74 Å². The minimum absolute atomic E-state index is 0.585. The van der Waals surface area contributed by atoms with Crippen molar-refractivity contribution in [2.24, 2.45) is 0 Å². The molecule has 0 N–H and O–H groups in total. The van der Waals surface area contributed by atoms with Gasteiger partial charge in [-0.3, -0.25) is 4.90 Å². The van der Waals surface area contributed by atoms with Crippen molar-refractivity contribution in [1.29, 1.82) is 0 Å². The Bertz CT molecular complexity index is 496. The van der Waals surface area contributed by atoms with Crippen LogP contribution in [0, 0.1) is 6.92 Å². The lowest BCUT2D eigenvalue weighted by atomic mass is 10.0. The van der Waals surface area contributed by atoms with Gasteiger partial charge in [-0.1, -0.05) is 0 Å². The van der Waals surface area contributed by atoms with Crippen LogP contribution in [0.5, 0.6) is 0 Å². The van der Waals surface area contributed by atoms with E-state index in [1.807, 2.05) is 6.92 Å². The van der Waals surface area contributed by atoms with Crippen LogP contribution in [0.1, 0.15) is 25.0 Å². The Balaban J connectivity index is 1.42. The van der Waals surface area contributed by atoms with Crippen LogP contribution in [0.4, 0.5) is 5.82 Å². The fraction of sp³-hybridized carbons (Fsp3) is 0.778. The summed E-state index contributed by atoms with van der Waals surface area (Å²) in [4.78, 5) is 16.1. The van der Waals surface area contributed by atoms with E-state index < -0.39 is 0 Å². The highest BCUT2D eigenvalue weighted by Crippen LogP contribution is 2.20. The molecule has 0 amide bonds. The van der Waals surface area contributed by atoms with Gasteiger partial charge in [-0.15, -0.1) is 0 Å². The van der Waals surface area contributed by atoms with E-state index in [2.05, 4.69) is 37.8 Å². The Hall–Kier alpha value is -1.24. The molecule has 0 unspecified atom stereocenters. The number of hydrogen-bond donors (Lipinski definition) is 0. The fourth-order valence-electron chi connectivity index (χ4n) is 3.65. The maximum absolute atomic E-state index is 5.54. The Morgan fingerprint density at radius 2 is 1.83 bits per heavy atom. The lowest BCUT2D eigenvalue weighted by Gasteiger charge is -2.38. The summed E-state index contributed by atoms with van der Waals surface area (Å²) in [6.07, 6.45) is 5.26. The van der Waals surface area contributed by atoms with Crippen LogP contribution >= 0.6 is 0 Å². The first-order valence-electron chi connectivity index (χ1n) is 9.26. The van der Waals surface area contributed by atoms with E-state index in [0.717, 1.165) is 31.3 Å². The molecule has 1 aromatic heterocycles. The van der Waals surface area contributed by atoms with Crippen molar-refractivity contribution in [3.63, 3.8) is 0 Å². The molecule has 2 fully saturated rings. The van der Waals surface area contributed by atoms with Crippen molar-refractivity contribution >= 4 is 5.82 Å². The van der Waals surface area contributed by atoms with E-state index >= 15 is 0 Å². The molecule has 3 rings (SSSR count). The lowest BCUT2D eigenvalue weighted by molar-refractivity contribution is 0.135. The number of likely N-dealkylation sites (tertiary alicyclic amines) is 1. The van der Waals surface area contributed by atoms with Gasteiger partial charge in [0.15, 0.2) is 0 Å². The minimum Gasteiger partial charge on any atom is -0.380 e. The molecule has 2 aliphatic rings. The Labute approximate surface area is 145 Å². The Morgan fingerprint density at radius 1 is 1.08 bits per heavy atom. The summed E-state index contributed by atoms with van der Waals surface area (Å²) in [7, 11) is 2.17. The molecule has 1 aromatic rings. The molecule has 6 heteroatoms. The highest BCUT2D eigenvalue weighted by atomic mass is 16.5. The van der Waals surface area contributed by atoms with Gasteiger partial charge in [-0.25, -0.2) is 9.97 Å². The van der Waals surface area contributed by atoms with Gasteiger partial charge in [0.2, 0.25) is 0 Å². The van der Waals surface area contributed by atoms with Crippen molar-refractivity contribution in [2.75, 3.05) is 64.4 Å². The maximum Gasteiger partial charge on any atom is 0.132 e. The topological polar surface area (TPSA) is 44.7 Å². The number of piperidine rings is 1. The van der Waals surface area contributed by atoms with Crippen LogP contribution in [-0.2, 0) is 4.74 Å². The molecule has 0 atom stereocenters. The summed E-state index contributed by atoms with van der Waals surface area (Å²) in [6, 6.07) is 2.66. The van der Waals surface area contributed by atoms with Crippen molar-refractivity contribution in [3.05, 3.63) is 18.1 Å². The molecular formula is C18H31N5O. The van der Waals surface area contributed by atoms with Crippen LogP contribution in [0.25, 0.3) is 0 Å². The smallest absolute Gasteiger partial charge is 0.132 e. The van der Waals surface area contributed by atoms with Crippen molar-refractivity contribution in [1.82, 2.24) is 19.8 Å². The molecule has 0 spiro atoms. The zero-order valence-corrected chi connectivity index (χ0v) is 15.2. The molecule has 0 bridgehead atoms. The monoisotopic (exact) mass is 333 g/mol. The third-order valence-corrected chi connectivity index (χ3v) is 5.30. The van der Waals surface area contributed by atoms with Gasteiger partial charge in [0, 0.05) is 70.7 Å². The minimum atomic E-state index is 0.585. The lowest BCUT2D eigenvalue weighted by Crippen LogP contribution is -2.46. The molecule has 134 valence electrons.